The predicted molar refractivity (Wildman–Crippen MR) is 75.3 cm³/mol. The number of nitro groups is 2. The van der Waals surface area contributed by atoms with Crippen molar-refractivity contribution >= 4 is 40.9 Å². The van der Waals surface area contributed by atoms with Crippen LogP contribution in [0.15, 0.2) is 48.5 Å². The van der Waals surface area contributed by atoms with Gasteiger partial charge >= 0.3 is 0 Å². The van der Waals surface area contributed by atoms with E-state index < -0.39 is 9.85 Å². The number of aromatic hydroxyl groups is 2. The van der Waals surface area contributed by atoms with E-state index in [9.17, 15) is 20.2 Å². The molecule has 2 rings (SSSR count). The normalized spacial score (nSPS) is 8.76. The number of hydrogen-bond donors (Lipinski definition) is 2. The number of hydrogen-bond acceptors (Lipinski definition) is 6. The number of nitrogens with zero attached hydrogens (tertiary/aromatic N) is 2. The van der Waals surface area contributed by atoms with Crippen molar-refractivity contribution in [3.63, 3.8) is 0 Å². The van der Waals surface area contributed by atoms with Crippen LogP contribution in [0.4, 0.5) is 11.4 Å². The molecule has 21 heavy (non-hydrogen) atoms. The van der Waals surface area contributed by atoms with E-state index in [4.69, 9.17) is 10.2 Å². The average molecular weight is 301 g/mol. The van der Waals surface area contributed by atoms with Crippen LogP contribution in [-0.4, -0.2) is 49.6 Å². The zero-order valence-corrected chi connectivity index (χ0v) is 13.0. The van der Waals surface area contributed by atoms with Crippen LogP contribution in [0, 0.1) is 20.2 Å². The molecule has 0 aromatic heterocycles. The summed E-state index contributed by atoms with van der Waals surface area (Å²) in [6.07, 6.45) is 0. The van der Waals surface area contributed by atoms with Gasteiger partial charge < -0.3 is 10.2 Å². The van der Waals surface area contributed by atoms with Gasteiger partial charge in [-0.2, -0.15) is 0 Å². The number of phenolic OH excluding ortho intramolecular Hbond substituents is 2. The van der Waals surface area contributed by atoms with Gasteiger partial charge in [-0.15, -0.1) is 0 Å². The van der Waals surface area contributed by atoms with Crippen LogP contribution in [0.2, 0.25) is 0 Å². The Bertz CT molecular complexity index is 545. The third-order valence-corrected chi connectivity index (χ3v) is 2.12. The van der Waals surface area contributed by atoms with E-state index in [-0.39, 0.29) is 52.4 Å². The number of benzene rings is 2. The molecule has 0 fully saturated rings. The van der Waals surface area contributed by atoms with Crippen molar-refractivity contribution < 1.29 is 20.1 Å². The molecule has 0 unspecified atom stereocenters. The smallest absolute Gasteiger partial charge is 0.269 e. The summed E-state index contributed by atoms with van der Waals surface area (Å²) < 4.78 is 0. The minimum absolute atomic E-state index is 0. The van der Waals surface area contributed by atoms with Gasteiger partial charge in [-0.3, -0.25) is 20.2 Å². The first-order valence-corrected chi connectivity index (χ1v) is 5.27. The van der Waals surface area contributed by atoms with E-state index in [1.54, 1.807) is 0 Å². The summed E-state index contributed by atoms with van der Waals surface area (Å²) in [6, 6.07) is 10.1. The van der Waals surface area contributed by atoms with Crippen LogP contribution >= 0.6 is 0 Å². The van der Waals surface area contributed by atoms with Crippen LogP contribution in [0.25, 0.3) is 0 Å². The van der Waals surface area contributed by atoms with Gasteiger partial charge in [0.05, 0.1) is 9.85 Å². The van der Waals surface area contributed by atoms with Crippen molar-refractivity contribution in [3.05, 3.63) is 68.8 Å². The Morgan fingerprint density at radius 1 is 0.667 bits per heavy atom. The molecule has 0 spiro atoms. The summed E-state index contributed by atoms with van der Waals surface area (Å²) in [5.41, 5.74) is -0.0319. The Kier molecular flexibility index (Phi) is 7.99. The molecule has 0 aliphatic heterocycles. The molecule has 0 saturated carbocycles. The first kappa shape index (κ1) is 18.8. The molecule has 2 N–H and O–H groups in total. The van der Waals surface area contributed by atoms with Gasteiger partial charge in [0, 0.05) is 53.8 Å². The van der Waals surface area contributed by atoms with Crippen LogP contribution in [0.1, 0.15) is 0 Å². The Morgan fingerprint density at radius 2 is 0.905 bits per heavy atom. The van der Waals surface area contributed by atoms with E-state index in [1.165, 1.54) is 48.5 Å². The Labute approximate surface area is 141 Å². The van der Waals surface area contributed by atoms with Gasteiger partial charge in [-0.05, 0) is 24.3 Å². The summed E-state index contributed by atoms with van der Waals surface area (Å²) in [7, 11) is 0. The molecular weight excluding hydrogens is 291 g/mol. The summed E-state index contributed by atoms with van der Waals surface area (Å²) in [5, 5.41) is 37.5. The standard InChI is InChI=1S/2C6H5NO3.Na/c2*8-6-3-1-5(2-4-6)7(9)10;/h2*1-4,8H;. The maximum absolute atomic E-state index is 10.0. The third-order valence-electron chi connectivity index (χ3n) is 2.12. The SMILES string of the molecule is O=[N+]([O-])c1ccc(O)cc1.O=[N+]([O-])c1ccc(O)cc1.[Na]. The molecule has 0 saturated heterocycles. The van der Waals surface area contributed by atoms with E-state index in [0.717, 1.165) is 0 Å². The zero-order valence-electron chi connectivity index (χ0n) is 11.0. The third kappa shape index (κ3) is 6.70. The van der Waals surface area contributed by atoms with Crippen LogP contribution in [0.5, 0.6) is 11.5 Å². The Hall–Kier alpha value is -2.16. The fourth-order valence-corrected chi connectivity index (χ4v) is 1.15. The minimum atomic E-state index is -0.514. The molecule has 0 heterocycles. The molecule has 0 atom stereocenters. The number of non-ortho nitro benzene ring substituents is 2. The van der Waals surface area contributed by atoms with E-state index in [2.05, 4.69) is 0 Å². The van der Waals surface area contributed by atoms with Crippen molar-refractivity contribution in [1.29, 1.82) is 0 Å². The molecule has 0 aliphatic carbocycles. The molecule has 9 heteroatoms. The van der Waals surface area contributed by atoms with Gasteiger partial charge in [0.15, 0.2) is 0 Å². The van der Waals surface area contributed by atoms with E-state index >= 15 is 0 Å². The first-order valence-electron chi connectivity index (χ1n) is 5.27. The first-order chi connectivity index (χ1) is 9.40. The van der Waals surface area contributed by atoms with Crippen molar-refractivity contribution in [2.75, 3.05) is 0 Å². The number of rotatable bonds is 2. The van der Waals surface area contributed by atoms with Crippen molar-refractivity contribution in [2.45, 2.75) is 0 Å². The second kappa shape index (κ2) is 8.90. The summed E-state index contributed by atoms with van der Waals surface area (Å²) in [4.78, 5) is 19.0. The molecule has 0 bridgehead atoms. The molecule has 0 aliphatic rings. The van der Waals surface area contributed by atoms with Crippen LogP contribution in [-0.2, 0) is 0 Å². The predicted octanol–water partition coefficient (Wildman–Crippen LogP) is 2.22. The molecule has 2 aromatic rings. The van der Waals surface area contributed by atoms with Gasteiger partial charge in [0.2, 0.25) is 0 Å². The molecule has 2 aromatic carbocycles. The fourth-order valence-electron chi connectivity index (χ4n) is 1.15. The fraction of sp³-hybridized carbons (Fsp3) is 0. The average Bonchev–Trinajstić information content (AvgIpc) is 2.40. The topological polar surface area (TPSA) is 127 Å². The minimum Gasteiger partial charge on any atom is -0.508 e. The van der Waals surface area contributed by atoms with Gasteiger partial charge in [-0.25, -0.2) is 0 Å². The molecule has 105 valence electrons. The Balaban J connectivity index is 0.000000364. The molecule has 0 amide bonds. The largest absolute Gasteiger partial charge is 0.508 e. The van der Waals surface area contributed by atoms with Crippen LogP contribution < -0.4 is 0 Å². The second-order valence-corrected chi connectivity index (χ2v) is 3.55. The maximum Gasteiger partial charge on any atom is 0.269 e. The van der Waals surface area contributed by atoms with Gasteiger partial charge in [-0.1, -0.05) is 0 Å². The summed E-state index contributed by atoms with van der Waals surface area (Å²) >= 11 is 0. The number of phenols is 2. The van der Waals surface area contributed by atoms with E-state index in [1.807, 2.05) is 0 Å². The van der Waals surface area contributed by atoms with Gasteiger partial charge in [0.1, 0.15) is 11.5 Å². The number of nitro benzene ring substituents is 2. The molecular formula is C12H10N2NaO6. The summed E-state index contributed by atoms with van der Waals surface area (Å²) in [6.45, 7) is 0. The molecule has 1 radical (unpaired) electrons. The zero-order chi connectivity index (χ0) is 15.1. The van der Waals surface area contributed by atoms with Crippen molar-refractivity contribution in [2.24, 2.45) is 0 Å². The monoisotopic (exact) mass is 301 g/mol. The summed E-state index contributed by atoms with van der Waals surface area (Å²) in [5.74, 6) is 0.0659. The Morgan fingerprint density at radius 3 is 1.10 bits per heavy atom. The van der Waals surface area contributed by atoms with Crippen LogP contribution in [0.3, 0.4) is 0 Å². The maximum atomic E-state index is 10.0. The quantitative estimate of drug-likeness (QED) is 0.497. The van der Waals surface area contributed by atoms with Gasteiger partial charge in [0.25, 0.3) is 11.4 Å². The second-order valence-electron chi connectivity index (χ2n) is 3.55. The van der Waals surface area contributed by atoms with Crippen molar-refractivity contribution in [3.8, 4) is 11.5 Å². The molecule has 8 nitrogen and oxygen atoms in total. The van der Waals surface area contributed by atoms with Crippen molar-refractivity contribution in [1.82, 2.24) is 0 Å². The van der Waals surface area contributed by atoms with E-state index in [0.29, 0.717) is 0 Å².